The second-order valence-electron chi connectivity index (χ2n) is 7.21. The van der Waals surface area contributed by atoms with Crippen molar-refractivity contribution in [1.29, 1.82) is 0 Å². The summed E-state index contributed by atoms with van der Waals surface area (Å²) in [6, 6.07) is 0. The molecule has 1 aliphatic heterocycles. The van der Waals surface area contributed by atoms with Crippen LogP contribution in [0.15, 0.2) is 46.6 Å². The van der Waals surface area contributed by atoms with Crippen LogP contribution in [-0.4, -0.2) is 12.7 Å². The van der Waals surface area contributed by atoms with E-state index in [0.29, 0.717) is 5.41 Å². The van der Waals surface area contributed by atoms with Gasteiger partial charge >= 0.3 is 0 Å². The van der Waals surface area contributed by atoms with Crippen molar-refractivity contribution in [3.05, 3.63) is 46.6 Å². The number of ether oxygens (including phenoxy) is 1. The molecule has 0 radical (unpaired) electrons. The Kier molecular flexibility index (Phi) is 5.27. The van der Waals surface area contributed by atoms with Crippen LogP contribution < -0.4 is 0 Å². The van der Waals surface area contributed by atoms with Gasteiger partial charge in [-0.25, -0.2) is 0 Å². The molecule has 0 aromatic rings. The van der Waals surface area contributed by atoms with Crippen LogP contribution in [0.3, 0.4) is 0 Å². The van der Waals surface area contributed by atoms with Gasteiger partial charge in [-0.1, -0.05) is 54.9 Å². The Hall–Kier alpha value is -1.08. The van der Waals surface area contributed by atoms with Gasteiger partial charge in [0.25, 0.3) is 0 Å². The maximum atomic E-state index is 5.64. The van der Waals surface area contributed by atoms with E-state index in [4.69, 9.17) is 4.74 Å². The summed E-state index contributed by atoms with van der Waals surface area (Å²) in [4.78, 5) is 0. The van der Waals surface area contributed by atoms with Crippen LogP contribution in [0.2, 0.25) is 0 Å². The van der Waals surface area contributed by atoms with Crippen molar-refractivity contribution in [3.8, 4) is 0 Å². The first kappa shape index (κ1) is 16.3. The lowest BCUT2D eigenvalue weighted by atomic mass is 9.71. The highest BCUT2D eigenvalue weighted by atomic mass is 16.5. The molecule has 1 heterocycles. The highest BCUT2D eigenvalue weighted by molar-refractivity contribution is 5.29. The summed E-state index contributed by atoms with van der Waals surface area (Å²) in [6.45, 7) is 12.2. The summed E-state index contributed by atoms with van der Waals surface area (Å²) in [5, 5.41) is 0. The van der Waals surface area contributed by atoms with Gasteiger partial charge in [0.2, 0.25) is 0 Å². The van der Waals surface area contributed by atoms with Gasteiger partial charge < -0.3 is 4.74 Å². The van der Waals surface area contributed by atoms with Crippen molar-refractivity contribution in [2.75, 3.05) is 6.61 Å². The Morgan fingerprint density at radius 3 is 2.76 bits per heavy atom. The van der Waals surface area contributed by atoms with Gasteiger partial charge in [0.15, 0.2) is 0 Å². The molecule has 0 bridgehead atoms. The van der Waals surface area contributed by atoms with E-state index >= 15 is 0 Å². The van der Waals surface area contributed by atoms with Crippen LogP contribution in [0.25, 0.3) is 0 Å². The molecule has 2 aliphatic rings. The normalized spacial score (nSPS) is 26.6. The minimum atomic E-state index is 0.181. The Morgan fingerprint density at radius 2 is 2.14 bits per heavy atom. The molecule has 21 heavy (non-hydrogen) atoms. The largest absolute Gasteiger partial charge is 0.366 e. The summed E-state index contributed by atoms with van der Waals surface area (Å²) in [5.41, 5.74) is 6.29. The van der Waals surface area contributed by atoms with Crippen molar-refractivity contribution in [1.82, 2.24) is 0 Å². The first-order chi connectivity index (χ1) is 9.90. The van der Waals surface area contributed by atoms with Crippen molar-refractivity contribution >= 4 is 0 Å². The molecule has 0 spiro atoms. The fourth-order valence-corrected chi connectivity index (χ4v) is 3.43. The molecule has 0 N–H and O–H groups in total. The number of hydrogen-bond donors (Lipinski definition) is 0. The summed E-state index contributed by atoms with van der Waals surface area (Å²) < 4.78 is 5.64. The van der Waals surface area contributed by atoms with Gasteiger partial charge in [0, 0.05) is 0 Å². The molecule has 1 nitrogen and oxygen atoms in total. The van der Waals surface area contributed by atoms with Crippen LogP contribution in [-0.2, 0) is 4.74 Å². The fourth-order valence-electron chi connectivity index (χ4n) is 3.43. The minimum absolute atomic E-state index is 0.181. The average Bonchev–Trinajstić information content (AvgIpc) is 2.80. The van der Waals surface area contributed by atoms with Crippen molar-refractivity contribution in [3.63, 3.8) is 0 Å². The van der Waals surface area contributed by atoms with Crippen molar-refractivity contribution in [2.24, 2.45) is 5.41 Å². The lowest BCUT2D eigenvalue weighted by Crippen LogP contribution is -2.20. The third-order valence-corrected chi connectivity index (χ3v) is 4.98. The van der Waals surface area contributed by atoms with Crippen LogP contribution in [0.4, 0.5) is 0 Å². The number of allylic oxidation sites excluding steroid dienone is 5. The van der Waals surface area contributed by atoms with E-state index in [9.17, 15) is 0 Å². The summed E-state index contributed by atoms with van der Waals surface area (Å²) >= 11 is 0. The Balaban J connectivity index is 2.00. The zero-order valence-corrected chi connectivity index (χ0v) is 14.3. The average molecular weight is 286 g/mol. The zero-order chi connectivity index (χ0) is 15.5. The quantitative estimate of drug-likeness (QED) is 0.472. The van der Waals surface area contributed by atoms with E-state index in [-0.39, 0.29) is 6.10 Å². The van der Waals surface area contributed by atoms with Crippen LogP contribution in [0.5, 0.6) is 0 Å². The van der Waals surface area contributed by atoms with Crippen molar-refractivity contribution < 1.29 is 4.74 Å². The van der Waals surface area contributed by atoms with Gasteiger partial charge in [-0.3, -0.25) is 0 Å². The van der Waals surface area contributed by atoms with Crippen LogP contribution >= 0.6 is 0 Å². The van der Waals surface area contributed by atoms with E-state index in [1.807, 2.05) is 0 Å². The van der Waals surface area contributed by atoms with E-state index in [0.717, 1.165) is 13.0 Å². The molecule has 0 amide bonds. The molecular weight excluding hydrogens is 256 g/mol. The molecule has 1 unspecified atom stereocenters. The SMILES string of the molecule is CC1=CCOC1/C=C/C(C)=C/CC1=C(C)CCCC1(C)C. The molecule has 0 saturated heterocycles. The molecule has 116 valence electrons. The zero-order valence-electron chi connectivity index (χ0n) is 14.3. The Bertz CT molecular complexity index is 500. The highest BCUT2D eigenvalue weighted by Crippen LogP contribution is 2.42. The Labute approximate surface area is 130 Å². The third kappa shape index (κ3) is 4.20. The van der Waals surface area contributed by atoms with Gasteiger partial charge in [0.05, 0.1) is 12.7 Å². The van der Waals surface area contributed by atoms with E-state index in [1.54, 1.807) is 11.1 Å². The lowest BCUT2D eigenvalue weighted by Gasteiger charge is -2.34. The van der Waals surface area contributed by atoms with E-state index in [2.05, 4.69) is 58.9 Å². The molecular formula is C20H30O. The molecule has 0 fully saturated rings. The van der Waals surface area contributed by atoms with Gasteiger partial charge in [-0.2, -0.15) is 0 Å². The minimum Gasteiger partial charge on any atom is -0.366 e. The van der Waals surface area contributed by atoms with E-state index in [1.165, 1.54) is 30.4 Å². The summed E-state index contributed by atoms with van der Waals surface area (Å²) in [5.74, 6) is 0. The summed E-state index contributed by atoms with van der Waals surface area (Å²) in [7, 11) is 0. The predicted octanol–water partition coefficient (Wildman–Crippen LogP) is 5.75. The molecule has 1 heteroatoms. The lowest BCUT2D eigenvalue weighted by molar-refractivity contribution is 0.156. The van der Waals surface area contributed by atoms with Crippen LogP contribution in [0, 0.1) is 5.41 Å². The number of hydrogen-bond acceptors (Lipinski definition) is 1. The van der Waals surface area contributed by atoms with Gasteiger partial charge in [-0.05, 0) is 57.4 Å². The topological polar surface area (TPSA) is 9.23 Å². The molecule has 2 rings (SSSR count). The van der Waals surface area contributed by atoms with Crippen molar-refractivity contribution in [2.45, 2.75) is 66.4 Å². The van der Waals surface area contributed by atoms with E-state index < -0.39 is 0 Å². The van der Waals surface area contributed by atoms with Gasteiger partial charge in [0.1, 0.15) is 0 Å². The first-order valence-electron chi connectivity index (χ1n) is 8.22. The molecule has 1 atom stereocenters. The highest BCUT2D eigenvalue weighted by Gasteiger charge is 2.27. The molecule has 0 aromatic carbocycles. The summed E-state index contributed by atoms with van der Waals surface area (Å²) in [6.07, 6.45) is 14.1. The maximum absolute atomic E-state index is 5.64. The first-order valence-corrected chi connectivity index (χ1v) is 8.22. The second-order valence-corrected chi connectivity index (χ2v) is 7.21. The molecule has 0 aromatic heterocycles. The fraction of sp³-hybridized carbons (Fsp3) is 0.600. The monoisotopic (exact) mass is 286 g/mol. The third-order valence-electron chi connectivity index (χ3n) is 4.98. The standard InChI is InChI=1S/C20H30O/c1-15(9-11-19-17(3)12-14-21-19)8-10-18-16(2)7-6-13-20(18,4)5/h8-9,11-12,19H,6-7,10,13-14H2,1-5H3/b11-9+,15-8+. The second kappa shape index (κ2) is 6.79. The smallest absolute Gasteiger partial charge is 0.0972 e. The predicted molar refractivity (Wildman–Crippen MR) is 91.3 cm³/mol. The van der Waals surface area contributed by atoms with Crippen LogP contribution in [0.1, 0.15) is 60.3 Å². The number of rotatable bonds is 4. The molecule has 1 aliphatic carbocycles. The van der Waals surface area contributed by atoms with Gasteiger partial charge in [-0.15, -0.1) is 0 Å². The maximum Gasteiger partial charge on any atom is 0.0972 e. The Morgan fingerprint density at radius 1 is 1.38 bits per heavy atom. The molecule has 0 saturated carbocycles.